The highest BCUT2D eigenvalue weighted by Gasteiger charge is 2.05. The van der Waals surface area contributed by atoms with Gasteiger partial charge in [-0.05, 0) is 12.3 Å². The van der Waals surface area contributed by atoms with E-state index in [4.69, 9.17) is 0 Å². The Morgan fingerprint density at radius 3 is 2.86 bits per heavy atom. The molecule has 0 aromatic carbocycles. The highest BCUT2D eigenvalue weighted by molar-refractivity contribution is 5.77. The summed E-state index contributed by atoms with van der Waals surface area (Å²) in [6.45, 7) is 6.47. The lowest BCUT2D eigenvalue weighted by atomic mass is 10.1. The Labute approximate surface area is 84.3 Å². The summed E-state index contributed by atoms with van der Waals surface area (Å²) >= 11 is 0. The summed E-state index contributed by atoms with van der Waals surface area (Å²) < 4.78 is 1.61. The highest BCUT2D eigenvalue weighted by Crippen LogP contribution is 2.03. The molecule has 0 bridgehead atoms. The van der Waals surface area contributed by atoms with Crippen molar-refractivity contribution in [2.45, 2.75) is 40.2 Å². The van der Waals surface area contributed by atoms with E-state index in [0.717, 1.165) is 12.1 Å². The molecule has 0 atom stereocenters. The summed E-state index contributed by atoms with van der Waals surface area (Å²) in [5.74, 6) is 0.757. The molecular weight excluding hydrogens is 178 g/mol. The molecule has 0 fully saturated rings. The van der Waals surface area contributed by atoms with Crippen LogP contribution in [-0.4, -0.2) is 20.8 Å². The predicted octanol–water partition coefficient (Wildman–Crippen LogP) is 1.46. The fourth-order valence-electron chi connectivity index (χ4n) is 1.22. The van der Waals surface area contributed by atoms with Crippen molar-refractivity contribution in [2.24, 2.45) is 5.92 Å². The van der Waals surface area contributed by atoms with E-state index >= 15 is 0 Å². The van der Waals surface area contributed by atoms with E-state index in [-0.39, 0.29) is 5.78 Å². The molecule has 1 aromatic rings. The Balaban J connectivity index is 2.55. The van der Waals surface area contributed by atoms with Crippen molar-refractivity contribution in [2.75, 3.05) is 0 Å². The van der Waals surface area contributed by atoms with E-state index in [1.54, 1.807) is 4.68 Å². The van der Waals surface area contributed by atoms with Crippen LogP contribution in [0.25, 0.3) is 0 Å². The highest BCUT2D eigenvalue weighted by atomic mass is 16.1. The lowest BCUT2D eigenvalue weighted by Gasteiger charge is -1.98. The molecule has 0 radical (unpaired) electrons. The molecular formula is C10H17N3O. The zero-order valence-corrected chi connectivity index (χ0v) is 9.03. The maximum absolute atomic E-state index is 11.1. The number of ketones is 1. The summed E-state index contributed by atoms with van der Waals surface area (Å²) in [5, 5.41) is 7.91. The number of carbonyl (C=O) groups excluding carboxylic acids is 1. The molecule has 1 aromatic heterocycles. The van der Waals surface area contributed by atoms with Crippen molar-refractivity contribution in [1.82, 2.24) is 15.0 Å². The molecule has 0 saturated heterocycles. The van der Waals surface area contributed by atoms with Crippen LogP contribution in [0.3, 0.4) is 0 Å². The molecule has 1 heterocycles. The molecule has 14 heavy (non-hydrogen) atoms. The first-order valence-electron chi connectivity index (χ1n) is 5.02. The van der Waals surface area contributed by atoms with Crippen molar-refractivity contribution in [3.05, 3.63) is 11.9 Å². The van der Waals surface area contributed by atoms with E-state index in [0.29, 0.717) is 18.9 Å². The van der Waals surface area contributed by atoms with Crippen molar-refractivity contribution >= 4 is 5.78 Å². The zero-order valence-electron chi connectivity index (χ0n) is 9.03. The van der Waals surface area contributed by atoms with Gasteiger partial charge in [-0.3, -0.25) is 4.79 Å². The van der Waals surface area contributed by atoms with E-state index < -0.39 is 0 Å². The molecule has 1 rings (SSSR count). The average molecular weight is 195 g/mol. The predicted molar refractivity (Wildman–Crippen MR) is 53.9 cm³/mol. The molecule has 0 aliphatic rings. The fourth-order valence-corrected chi connectivity index (χ4v) is 1.22. The van der Waals surface area contributed by atoms with E-state index in [1.165, 1.54) is 0 Å². The van der Waals surface area contributed by atoms with E-state index in [9.17, 15) is 4.79 Å². The van der Waals surface area contributed by atoms with E-state index in [2.05, 4.69) is 24.2 Å². The van der Waals surface area contributed by atoms with Crippen LogP contribution in [0.15, 0.2) is 6.20 Å². The molecule has 0 unspecified atom stereocenters. The van der Waals surface area contributed by atoms with Crippen LogP contribution >= 0.6 is 0 Å². The monoisotopic (exact) mass is 195 g/mol. The smallest absolute Gasteiger partial charge is 0.154 e. The first-order valence-corrected chi connectivity index (χ1v) is 5.02. The molecule has 0 saturated carbocycles. The van der Waals surface area contributed by atoms with Crippen molar-refractivity contribution < 1.29 is 4.79 Å². The molecule has 4 nitrogen and oxygen atoms in total. The van der Waals surface area contributed by atoms with Gasteiger partial charge in [-0.2, -0.15) is 0 Å². The zero-order chi connectivity index (χ0) is 10.6. The minimum Gasteiger partial charge on any atom is -0.298 e. The van der Waals surface area contributed by atoms with Crippen LogP contribution in [-0.2, 0) is 17.8 Å². The second-order valence-electron chi connectivity index (χ2n) is 3.90. The lowest BCUT2D eigenvalue weighted by molar-refractivity contribution is -0.119. The summed E-state index contributed by atoms with van der Waals surface area (Å²) in [6, 6.07) is 0. The van der Waals surface area contributed by atoms with Crippen molar-refractivity contribution in [3.8, 4) is 0 Å². The maximum atomic E-state index is 11.1. The Morgan fingerprint density at radius 1 is 1.57 bits per heavy atom. The molecule has 0 aliphatic heterocycles. The normalized spacial score (nSPS) is 10.9. The second-order valence-corrected chi connectivity index (χ2v) is 3.90. The van der Waals surface area contributed by atoms with Gasteiger partial charge in [0.1, 0.15) is 6.54 Å². The lowest BCUT2D eigenvalue weighted by Crippen LogP contribution is -2.09. The number of hydrogen-bond donors (Lipinski definition) is 0. The number of Topliss-reactive ketones (excluding diaryl/α,β-unsaturated/α-hetero) is 1. The van der Waals surface area contributed by atoms with Gasteiger partial charge >= 0.3 is 0 Å². The van der Waals surface area contributed by atoms with Crippen LogP contribution in [0, 0.1) is 5.92 Å². The van der Waals surface area contributed by atoms with Gasteiger partial charge in [0.15, 0.2) is 5.78 Å². The Morgan fingerprint density at radius 2 is 2.29 bits per heavy atom. The van der Waals surface area contributed by atoms with Gasteiger partial charge in [0.2, 0.25) is 0 Å². The first kappa shape index (κ1) is 10.9. The number of aromatic nitrogens is 3. The molecule has 0 aliphatic carbocycles. The Bertz CT molecular complexity index is 304. The SMILES string of the molecule is CCC(=O)Cn1cc(CC(C)C)nn1. The van der Waals surface area contributed by atoms with Crippen LogP contribution in [0.2, 0.25) is 0 Å². The van der Waals surface area contributed by atoms with E-state index in [1.807, 2.05) is 13.1 Å². The molecule has 0 N–H and O–H groups in total. The summed E-state index contributed by atoms with van der Waals surface area (Å²) in [5.41, 5.74) is 0.962. The topological polar surface area (TPSA) is 47.8 Å². The largest absolute Gasteiger partial charge is 0.298 e. The van der Waals surface area contributed by atoms with Crippen molar-refractivity contribution in [1.29, 1.82) is 0 Å². The number of rotatable bonds is 5. The summed E-state index contributed by atoms with van der Waals surface area (Å²) in [4.78, 5) is 11.1. The number of nitrogens with zero attached hydrogens (tertiary/aromatic N) is 3. The van der Waals surface area contributed by atoms with Gasteiger partial charge in [-0.25, -0.2) is 4.68 Å². The van der Waals surface area contributed by atoms with Gasteiger partial charge in [-0.1, -0.05) is 26.0 Å². The van der Waals surface area contributed by atoms with Gasteiger partial charge in [0, 0.05) is 12.6 Å². The van der Waals surface area contributed by atoms with Crippen molar-refractivity contribution in [3.63, 3.8) is 0 Å². The first-order chi connectivity index (χ1) is 6.61. The average Bonchev–Trinajstić information content (AvgIpc) is 2.51. The van der Waals surface area contributed by atoms with Gasteiger partial charge < -0.3 is 0 Å². The standard InChI is InChI=1S/C10H17N3O/c1-4-10(14)7-13-6-9(11-12-13)5-8(2)3/h6,8H,4-5,7H2,1-3H3. The quantitative estimate of drug-likeness (QED) is 0.714. The van der Waals surface area contributed by atoms with Gasteiger partial charge in [0.05, 0.1) is 5.69 Å². The summed E-state index contributed by atoms with van der Waals surface area (Å²) in [6.07, 6.45) is 3.33. The number of hydrogen-bond acceptors (Lipinski definition) is 3. The molecule has 0 amide bonds. The second kappa shape index (κ2) is 4.88. The minimum atomic E-state index is 0.186. The summed E-state index contributed by atoms with van der Waals surface area (Å²) in [7, 11) is 0. The van der Waals surface area contributed by atoms with Gasteiger partial charge in [-0.15, -0.1) is 5.10 Å². The third kappa shape index (κ3) is 3.28. The molecule has 0 spiro atoms. The van der Waals surface area contributed by atoms with Crippen LogP contribution in [0.5, 0.6) is 0 Å². The fraction of sp³-hybridized carbons (Fsp3) is 0.700. The van der Waals surface area contributed by atoms with Crippen LogP contribution in [0.1, 0.15) is 32.9 Å². The third-order valence-electron chi connectivity index (χ3n) is 1.94. The Hall–Kier alpha value is -1.19. The number of carbonyl (C=O) groups is 1. The van der Waals surface area contributed by atoms with Crippen LogP contribution in [0.4, 0.5) is 0 Å². The van der Waals surface area contributed by atoms with Gasteiger partial charge in [0.25, 0.3) is 0 Å². The molecule has 78 valence electrons. The van der Waals surface area contributed by atoms with Crippen LogP contribution < -0.4 is 0 Å². The maximum Gasteiger partial charge on any atom is 0.154 e. The molecule has 4 heteroatoms. The Kier molecular flexibility index (Phi) is 3.80. The third-order valence-corrected chi connectivity index (χ3v) is 1.94. The minimum absolute atomic E-state index is 0.186.